The van der Waals surface area contributed by atoms with E-state index in [1.165, 1.54) is 31.4 Å². The first-order valence-corrected chi connectivity index (χ1v) is 6.48. The molecule has 0 bridgehead atoms. The highest BCUT2D eigenvalue weighted by Crippen LogP contribution is 2.12. The number of carbonyl (C=O) groups is 2. The van der Waals surface area contributed by atoms with Gasteiger partial charge in [-0.3, -0.25) is 9.59 Å². The molecule has 0 aliphatic heterocycles. The Kier molecular flexibility index (Phi) is 10.3. The Hall–Kier alpha value is -1.54. The van der Waals surface area contributed by atoms with Gasteiger partial charge in [0.05, 0.1) is 31.8 Å². The molecule has 0 rings (SSSR count). The fourth-order valence-corrected chi connectivity index (χ4v) is 1.58. The summed E-state index contributed by atoms with van der Waals surface area (Å²) < 4.78 is 4.36. The maximum Gasteiger partial charge on any atom is 0.308 e. The summed E-state index contributed by atoms with van der Waals surface area (Å²) in [5, 5.41) is 38.5. The van der Waals surface area contributed by atoms with E-state index in [4.69, 9.17) is 0 Å². The van der Waals surface area contributed by atoms with Gasteiger partial charge < -0.3 is 25.2 Å². The molecule has 7 heteroatoms. The zero-order valence-electron chi connectivity index (χ0n) is 11.8. The zero-order valence-corrected chi connectivity index (χ0v) is 11.8. The van der Waals surface area contributed by atoms with Crippen molar-refractivity contribution < 1.29 is 34.8 Å². The summed E-state index contributed by atoms with van der Waals surface area (Å²) in [4.78, 5) is 20.9. The summed E-state index contributed by atoms with van der Waals surface area (Å²) in [5.74, 6) is -0.630. The van der Waals surface area contributed by atoms with E-state index in [1.54, 1.807) is 0 Å². The Bertz CT molecular complexity index is 364. The molecule has 0 aliphatic rings. The van der Waals surface area contributed by atoms with Gasteiger partial charge in [-0.15, -0.1) is 0 Å². The highest BCUT2D eigenvalue weighted by atomic mass is 16.5. The SMILES string of the molecule is COC(=O)C[C@@H](O)C[C@@H](O)[C@@H](O)[C@@H](O)C/C=C/C=C/C=O. The maximum absolute atomic E-state index is 10.9. The summed E-state index contributed by atoms with van der Waals surface area (Å²) in [7, 11) is 1.18. The molecule has 7 nitrogen and oxygen atoms in total. The normalized spacial score (nSPS) is 17.6. The summed E-state index contributed by atoms with van der Waals surface area (Å²) in [6, 6.07) is 0. The minimum Gasteiger partial charge on any atom is -0.469 e. The van der Waals surface area contributed by atoms with Crippen molar-refractivity contribution in [2.45, 2.75) is 43.7 Å². The average molecular weight is 302 g/mol. The number of rotatable bonds is 10. The van der Waals surface area contributed by atoms with Crippen LogP contribution in [-0.4, -0.2) is 64.2 Å². The first-order valence-electron chi connectivity index (χ1n) is 6.48. The maximum atomic E-state index is 10.9. The molecule has 0 aliphatic carbocycles. The molecule has 0 saturated carbocycles. The molecule has 4 N–H and O–H groups in total. The van der Waals surface area contributed by atoms with Gasteiger partial charge in [-0.1, -0.05) is 18.2 Å². The van der Waals surface area contributed by atoms with Gasteiger partial charge in [0.2, 0.25) is 0 Å². The van der Waals surface area contributed by atoms with Gasteiger partial charge in [-0.05, 0) is 12.5 Å². The van der Waals surface area contributed by atoms with Crippen molar-refractivity contribution >= 4 is 12.3 Å². The molecule has 0 aromatic rings. The van der Waals surface area contributed by atoms with Crippen LogP contribution in [0, 0.1) is 0 Å². The summed E-state index contributed by atoms with van der Waals surface area (Å²) in [6.45, 7) is 0. The smallest absolute Gasteiger partial charge is 0.308 e. The number of hydrogen-bond donors (Lipinski definition) is 4. The second-order valence-electron chi connectivity index (χ2n) is 4.48. The van der Waals surface area contributed by atoms with Crippen molar-refractivity contribution in [3.8, 4) is 0 Å². The van der Waals surface area contributed by atoms with Gasteiger partial charge >= 0.3 is 5.97 Å². The van der Waals surface area contributed by atoms with Gasteiger partial charge in [0.15, 0.2) is 0 Å². The molecule has 0 saturated heterocycles. The molecular weight excluding hydrogens is 280 g/mol. The van der Waals surface area contributed by atoms with Crippen molar-refractivity contribution in [1.29, 1.82) is 0 Å². The number of aliphatic hydroxyl groups excluding tert-OH is 4. The molecule has 0 radical (unpaired) electrons. The summed E-state index contributed by atoms with van der Waals surface area (Å²) in [6.07, 6.45) is 0.627. The predicted molar refractivity (Wildman–Crippen MR) is 74.2 cm³/mol. The number of allylic oxidation sites excluding steroid dienone is 3. The molecule has 0 amide bonds. The van der Waals surface area contributed by atoms with Crippen molar-refractivity contribution in [3.05, 3.63) is 24.3 Å². The van der Waals surface area contributed by atoms with Crippen LogP contribution in [0.2, 0.25) is 0 Å². The van der Waals surface area contributed by atoms with Crippen LogP contribution in [0.3, 0.4) is 0 Å². The fraction of sp³-hybridized carbons (Fsp3) is 0.571. The number of hydrogen-bond acceptors (Lipinski definition) is 7. The van der Waals surface area contributed by atoms with Crippen molar-refractivity contribution in [2.24, 2.45) is 0 Å². The van der Waals surface area contributed by atoms with Crippen LogP contribution >= 0.6 is 0 Å². The number of aldehydes is 1. The second-order valence-corrected chi connectivity index (χ2v) is 4.48. The third kappa shape index (κ3) is 9.09. The third-order valence-electron chi connectivity index (χ3n) is 2.75. The first kappa shape index (κ1) is 19.5. The van der Waals surface area contributed by atoms with Crippen LogP contribution in [-0.2, 0) is 14.3 Å². The quantitative estimate of drug-likeness (QED) is 0.178. The topological polar surface area (TPSA) is 124 Å². The number of esters is 1. The van der Waals surface area contributed by atoms with E-state index < -0.39 is 30.4 Å². The Labute approximate surface area is 123 Å². The van der Waals surface area contributed by atoms with Crippen LogP contribution in [0.4, 0.5) is 0 Å². The van der Waals surface area contributed by atoms with Crippen molar-refractivity contribution in [1.82, 2.24) is 0 Å². The minimum atomic E-state index is -1.46. The molecule has 0 spiro atoms. The Balaban J connectivity index is 4.19. The van der Waals surface area contributed by atoms with Crippen molar-refractivity contribution in [2.75, 3.05) is 7.11 Å². The number of carbonyl (C=O) groups excluding carboxylic acids is 2. The number of ether oxygens (including phenoxy) is 1. The lowest BCUT2D eigenvalue weighted by atomic mass is 9.99. The second kappa shape index (κ2) is 11.2. The Morgan fingerprint density at radius 1 is 1.10 bits per heavy atom. The molecule has 0 aromatic heterocycles. The number of methoxy groups -OCH3 is 1. The molecule has 0 heterocycles. The van der Waals surface area contributed by atoms with E-state index in [0.29, 0.717) is 6.29 Å². The predicted octanol–water partition coefficient (Wildman–Crippen LogP) is -0.915. The lowest BCUT2D eigenvalue weighted by molar-refractivity contribution is -0.143. The fourth-order valence-electron chi connectivity index (χ4n) is 1.58. The van der Waals surface area contributed by atoms with E-state index in [-0.39, 0.29) is 19.3 Å². The molecule has 0 aromatic carbocycles. The molecule has 21 heavy (non-hydrogen) atoms. The molecule has 120 valence electrons. The van der Waals surface area contributed by atoms with Gasteiger partial charge in [0.1, 0.15) is 12.4 Å². The molecule has 4 atom stereocenters. The van der Waals surface area contributed by atoms with Gasteiger partial charge in [0, 0.05) is 6.42 Å². The summed E-state index contributed by atoms with van der Waals surface area (Å²) in [5.41, 5.74) is 0. The van der Waals surface area contributed by atoms with Crippen LogP contribution in [0.5, 0.6) is 0 Å². The van der Waals surface area contributed by atoms with Crippen LogP contribution in [0.15, 0.2) is 24.3 Å². The number of aliphatic hydroxyl groups is 4. The van der Waals surface area contributed by atoms with Gasteiger partial charge in [-0.2, -0.15) is 0 Å². The third-order valence-corrected chi connectivity index (χ3v) is 2.75. The lowest BCUT2D eigenvalue weighted by Crippen LogP contribution is -2.39. The van der Waals surface area contributed by atoms with Gasteiger partial charge in [-0.25, -0.2) is 0 Å². The summed E-state index contributed by atoms with van der Waals surface area (Å²) >= 11 is 0. The standard InChI is InChI=1S/C14H22O7/c1-21-13(19)9-10(16)8-12(18)14(20)11(17)6-4-2-3-5-7-15/h2-5,7,10-12,14,16-18,20H,6,8-9H2,1H3/b4-2+,5-3+/t10-,11-,12+,14-/m0/s1. The zero-order chi connectivity index (χ0) is 16.3. The molecule has 0 fully saturated rings. The largest absolute Gasteiger partial charge is 0.469 e. The van der Waals surface area contributed by atoms with E-state index in [0.717, 1.165) is 0 Å². The highest BCUT2D eigenvalue weighted by Gasteiger charge is 2.26. The Morgan fingerprint density at radius 2 is 1.76 bits per heavy atom. The van der Waals surface area contributed by atoms with Crippen LogP contribution < -0.4 is 0 Å². The van der Waals surface area contributed by atoms with Crippen LogP contribution in [0.1, 0.15) is 19.3 Å². The van der Waals surface area contributed by atoms with E-state index in [1.807, 2.05) is 0 Å². The van der Waals surface area contributed by atoms with Crippen LogP contribution in [0.25, 0.3) is 0 Å². The van der Waals surface area contributed by atoms with Crippen molar-refractivity contribution in [3.63, 3.8) is 0 Å². The molecular formula is C14H22O7. The minimum absolute atomic E-state index is 0.0640. The van der Waals surface area contributed by atoms with E-state index in [2.05, 4.69) is 4.74 Å². The monoisotopic (exact) mass is 302 g/mol. The van der Waals surface area contributed by atoms with E-state index in [9.17, 15) is 30.0 Å². The van der Waals surface area contributed by atoms with E-state index >= 15 is 0 Å². The average Bonchev–Trinajstić information content (AvgIpc) is 2.45. The Morgan fingerprint density at radius 3 is 2.33 bits per heavy atom. The molecule has 0 unspecified atom stereocenters. The highest BCUT2D eigenvalue weighted by molar-refractivity contribution is 5.69. The van der Waals surface area contributed by atoms with Gasteiger partial charge in [0.25, 0.3) is 0 Å². The first-order chi connectivity index (χ1) is 9.92. The lowest BCUT2D eigenvalue weighted by Gasteiger charge is -2.23.